The number of hydrogen-bond donors (Lipinski definition) is 1. The highest BCUT2D eigenvalue weighted by atomic mass is 16.5. The van der Waals surface area contributed by atoms with Crippen molar-refractivity contribution in [3.05, 3.63) is 53.9 Å². The van der Waals surface area contributed by atoms with E-state index in [1.165, 1.54) is 7.11 Å². The fourth-order valence-corrected chi connectivity index (χ4v) is 2.36. The molecule has 22 heavy (non-hydrogen) atoms. The summed E-state index contributed by atoms with van der Waals surface area (Å²) in [6, 6.07) is 11.1. The van der Waals surface area contributed by atoms with Crippen molar-refractivity contribution in [3.8, 4) is 11.3 Å². The number of methoxy groups -OCH3 is 1. The maximum absolute atomic E-state index is 11.3. The molecule has 0 unspecified atom stereocenters. The van der Waals surface area contributed by atoms with Gasteiger partial charge in [-0.2, -0.15) is 0 Å². The summed E-state index contributed by atoms with van der Waals surface area (Å²) in [6.45, 7) is -0.152. The molecule has 5 heteroatoms. The molecular weight excluding hydrogens is 282 g/mol. The predicted octanol–water partition coefficient (Wildman–Crippen LogP) is 2.70. The van der Waals surface area contributed by atoms with Gasteiger partial charge in [0.2, 0.25) is 0 Å². The zero-order valence-electron chi connectivity index (χ0n) is 12.1. The van der Waals surface area contributed by atoms with Crippen LogP contribution in [-0.2, 0) is 22.6 Å². The van der Waals surface area contributed by atoms with E-state index in [1.54, 1.807) is 12.3 Å². The number of ether oxygens (including phenoxy) is 1. The first-order valence-corrected chi connectivity index (χ1v) is 6.85. The summed E-state index contributed by atoms with van der Waals surface area (Å²) in [4.78, 5) is 15.5. The Morgan fingerprint density at radius 3 is 2.95 bits per heavy atom. The highest BCUT2D eigenvalue weighted by Gasteiger charge is 2.12. The molecule has 0 saturated heterocycles. The number of fused-ring (bicyclic) bond motifs is 1. The van der Waals surface area contributed by atoms with E-state index >= 15 is 0 Å². The number of esters is 1. The number of carbonyl (C=O) groups is 1. The molecule has 3 rings (SSSR count). The fraction of sp³-hybridized carbons (Fsp3) is 0.176. The molecule has 0 saturated carbocycles. The van der Waals surface area contributed by atoms with Crippen LogP contribution < -0.4 is 0 Å². The molecule has 1 aromatic carbocycles. The van der Waals surface area contributed by atoms with Crippen LogP contribution in [0.5, 0.6) is 0 Å². The standard InChI is InChI=1S/C17H15NO4/c1-21-17(20)8-11-4-5-15-12(7-11)9-16(22-15)13-3-2-6-18-14(13)10-19/h2-7,9,19H,8,10H2,1H3. The smallest absolute Gasteiger partial charge is 0.309 e. The van der Waals surface area contributed by atoms with Crippen molar-refractivity contribution in [2.45, 2.75) is 13.0 Å². The molecule has 0 aliphatic rings. The number of aliphatic hydroxyl groups is 1. The van der Waals surface area contributed by atoms with Crippen LogP contribution in [0.15, 0.2) is 47.0 Å². The quantitative estimate of drug-likeness (QED) is 0.750. The third-order valence-electron chi connectivity index (χ3n) is 3.46. The molecule has 5 nitrogen and oxygen atoms in total. The van der Waals surface area contributed by atoms with E-state index < -0.39 is 0 Å². The molecule has 0 aliphatic heterocycles. The van der Waals surface area contributed by atoms with Gasteiger partial charge >= 0.3 is 5.97 Å². The van der Waals surface area contributed by atoms with Crippen molar-refractivity contribution >= 4 is 16.9 Å². The summed E-state index contributed by atoms with van der Waals surface area (Å²) in [5.41, 5.74) is 2.91. The number of aliphatic hydroxyl groups excluding tert-OH is 1. The first-order chi connectivity index (χ1) is 10.7. The zero-order chi connectivity index (χ0) is 15.5. The lowest BCUT2D eigenvalue weighted by Crippen LogP contribution is -2.03. The minimum absolute atomic E-state index is 0.152. The summed E-state index contributed by atoms with van der Waals surface area (Å²) in [6.07, 6.45) is 1.86. The number of furan rings is 1. The van der Waals surface area contributed by atoms with Crippen molar-refractivity contribution in [2.75, 3.05) is 7.11 Å². The number of pyridine rings is 1. The first kappa shape index (κ1) is 14.3. The topological polar surface area (TPSA) is 72.6 Å². The minimum Gasteiger partial charge on any atom is -0.469 e. The summed E-state index contributed by atoms with van der Waals surface area (Å²) < 4.78 is 10.5. The normalized spacial score (nSPS) is 10.8. The molecule has 0 amide bonds. The van der Waals surface area contributed by atoms with E-state index in [0.29, 0.717) is 11.5 Å². The number of hydrogen-bond acceptors (Lipinski definition) is 5. The summed E-state index contributed by atoms with van der Waals surface area (Å²) >= 11 is 0. The van der Waals surface area contributed by atoms with Gasteiger partial charge in [0.1, 0.15) is 11.3 Å². The van der Waals surface area contributed by atoms with Gasteiger partial charge in [-0.05, 0) is 35.9 Å². The average molecular weight is 297 g/mol. The van der Waals surface area contributed by atoms with Crippen LogP contribution in [0.1, 0.15) is 11.3 Å². The molecule has 1 N–H and O–H groups in total. The van der Waals surface area contributed by atoms with Gasteiger partial charge in [0, 0.05) is 17.1 Å². The van der Waals surface area contributed by atoms with E-state index in [4.69, 9.17) is 4.42 Å². The van der Waals surface area contributed by atoms with Gasteiger partial charge in [-0.25, -0.2) is 0 Å². The van der Waals surface area contributed by atoms with Crippen LogP contribution in [0.3, 0.4) is 0 Å². The molecule has 3 aromatic rings. The Labute approximate surface area is 127 Å². The number of rotatable bonds is 4. The number of nitrogens with zero attached hydrogens (tertiary/aromatic N) is 1. The molecule has 0 bridgehead atoms. The Kier molecular flexibility index (Phi) is 3.89. The van der Waals surface area contributed by atoms with Gasteiger partial charge < -0.3 is 14.3 Å². The third-order valence-corrected chi connectivity index (χ3v) is 3.46. The van der Waals surface area contributed by atoms with Crippen LogP contribution >= 0.6 is 0 Å². The largest absolute Gasteiger partial charge is 0.469 e. The Bertz CT molecular complexity index is 822. The minimum atomic E-state index is -0.280. The molecule has 0 radical (unpaired) electrons. The lowest BCUT2D eigenvalue weighted by Gasteiger charge is -2.01. The molecule has 0 fully saturated rings. The fourth-order valence-electron chi connectivity index (χ4n) is 2.36. The van der Waals surface area contributed by atoms with Crippen molar-refractivity contribution in [1.29, 1.82) is 0 Å². The lowest BCUT2D eigenvalue weighted by molar-refractivity contribution is -0.139. The number of benzene rings is 1. The van der Waals surface area contributed by atoms with E-state index in [-0.39, 0.29) is 19.0 Å². The SMILES string of the molecule is COC(=O)Cc1ccc2oc(-c3cccnc3CO)cc2c1. The van der Waals surface area contributed by atoms with Gasteiger partial charge in [-0.3, -0.25) is 9.78 Å². The number of aromatic nitrogens is 1. The van der Waals surface area contributed by atoms with Crippen molar-refractivity contribution < 1.29 is 19.1 Å². The molecule has 0 aliphatic carbocycles. The van der Waals surface area contributed by atoms with Crippen molar-refractivity contribution in [1.82, 2.24) is 4.98 Å². The van der Waals surface area contributed by atoms with Crippen LogP contribution in [0, 0.1) is 0 Å². The molecule has 2 aromatic heterocycles. The first-order valence-electron chi connectivity index (χ1n) is 6.85. The second-order valence-electron chi connectivity index (χ2n) is 4.89. The second-order valence-corrected chi connectivity index (χ2v) is 4.89. The van der Waals surface area contributed by atoms with Crippen LogP contribution in [0.2, 0.25) is 0 Å². The van der Waals surface area contributed by atoms with Gasteiger partial charge in [0.25, 0.3) is 0 Å². The van der Waals surface area contributed by atoms with E-state index in [2.05, 4.69) is 9.72 Å². The lowest BCUT2D eigenvalue weighted by atomic mass is 10.1. The summed E-state index contributed by atoms with van der Waals surface area (Å²) in [7, 11) is 1.37. The highest BCUT2D eigenvalue weighted by Crippen LogP contribution is 2.30. The molecular formula is C17H15NO4. The molecule has 2 heterocycles. The Balaban J connectivity index is 2.01. The van der Waals surface area contributed by atoms with Gasteiger partial charge in [0.05, 0.1) is 25.8 Å². The monoisotopic (exact) mass is 297 g/mol. The maximum Gasteiger partial charge on any atom is 0.309 e. The van der Waals surface area contributed by atoms with E-state index in [1.807, 2.05) is 30.3 Å². The molecule has 0 atom stereocenters. The third kappa shape index (κ3) is 2.71. The van der Waals surface area contributed by atoms with Crippen molar-refractivity contribution in [3.63, 3.8) is 0 Å². The van der Waals surface area contributed by atoms with Crippen molar-refractivity contribution in [2.24, 2.45) is 0 Å². The summed E-state index contributed by atoms with van der Waals surface area (Å²) in [5.74, 6) is 0.361. The van der Waals surface area contributed by atoms with Crippen LogP contribution in [-0.4, -0.2) is 23.2 Å². The van der Waals surface area contributed by atoms with E-state index in [0.717, 1.165) is 22.1 Å². The van der Waals surface area contributed by atoms with E-state index in [9.17, 15) is 9.90 Å². The Hall–Kier alpha value is -2.66. The highest BCUT2D eigenvalue weighted by molar-refractivity contribution is 5.85. The predicted molar refractivity (Wildman–Crippen MR) is 81.1 cm³/mol. The Morgan fingerprint density at radius 2 is 2.18 bits per heavy atom. The zero-order valence-corrected chi connectivity index (χ0v) is 12.1. The maximum atomic E-state index is 11.3. The Morgan fingerprint density at radius 1 is 1.32 bits per heavy atom. The second kappa shape index (κ2) is 5.99. The van der Waals surface area contributed by atoms with Gasteiger partial charge in [-0.1, -0.05) is 6.07 Å². The van der Waals surface area contributed by atoms with Gasteiger partial charge in [-0.15, -0.1) is 0 Å². The van der Waals surface area contributed by atoms with Crippen LogP contribution in [0.25, 0.3) is 22.3 Å². The summed E-state index contributed by atoms with van der Waals surface area (Å²) in [5, 5.41) is 10.3. The average Bonchev–Trinajstić information content (AvgIpc) is 2.97. The van der Waals surface area contributed by atoms with Gasteiger partial charge in [0.15, 0.2) is 0 Å². The molecule has 0 spiro atoms. The van der Waals surface area contributed by atoms with Crippen LogP contribution in [0.4, 0.5) is 0 Å². The number of carbonyl (C=O) groups excluding carboxylic acids is 1. The molecule has 112 valence electrons.